The molecule has 2 fully saturated rings. The number of halogens is 1. The SMILES string of the molecule is O=C(CN1CCN(Cc2ccccc2)CC1)NCC(c1ccc(F)cc1)N1CCOCC1. The lowest BCUT2D eigenvalue weighted by Gasteiger charge is -2.36. The van der Waals surface area contributed by atoms with Crippen LogP contribution in [0.1, 0.15) is 17.2 Å². The molecule has 1 atom stereocenters. The molecule has 1 amide bonds. The number of benzene rings is 2. The number of ether oxygens (including phenoxy) is 1. The van der Waals surface area contributed by atoms with E-state index in [1.807, 2.05) is 18.2 Å². The van der Waals surface area contributed by atoms with Gasteiger partial charge in [0, 0.05) is 52.4 Å². The van der Waals surface area contributed by atoms with Crippen LogP contribution in [0.15, 0.2) is 54.6 Å². The zero-order valence-electron chi connectivity index (χ0n) is 18.6. The highest BCUT2D eigenvalue weighted by molar-refractivity contribution is 5.78. The number of carbonyl (C=O) groups excluding carboxylic acids is 1. The van der Waals surface area contributed by atoms with E-state index in [-0.39, 0.29) is 17.8 Å². The summed E-state index contributed by atoms with van der Waals surface area (Å²) in [6.45, 7) is 8.58. The summed E-state index contributed by atoms with van der Waals surface area (Å²) in [7, 11) is 0. The van der Waals surface area contributed by atoms with Crippen LogP contribution in [0.2, 0.25) is 0 Å². The number of rotatable bonds is 8. The molecule has 7 heteroatoms. The molecular weight excluding hydrogens is 407 g/mol. The van der Waals surface area contributed by atoms with Gasteiger partial charge in [-0.1, -0.05) is 42.5 Å². The molecular formula is C25H33FN4O2. The van der Waals surface area contributed by atoms with Crippen molar-refractivity contribution in [3.63, 3.8) is 0 Å². The van der Waals surface area contributed by atoms with Crippen LogP contribution in [0.25, 0.3) is 0 Å². The zero-order chi connectivity index (χ0) is 22.2. The molecule has 0 aromatic heterocycles. The number of amides is 1. The molecule has 1 unspecified atom stereocenters. The van der Waals surface area contributed by atoms with Gasteiger partial charge in [0.2, 0.25) is 5.91 Å². The normalized spacial score (nSPS) is 19.5. The van der Waals surface area contributed by atoms with Crippen molar-refractivity contribution in [2.75, 3.05) is 65.6 Å². The van der Waals surface area contributed by atoms with E-state index >= 15 is 0 Å². The Morgan fingerprint density at radius 1 is 0.906 bits per heavy atom. The molecule has 0 radical (unpaired) electrons. The van der Waals surface area contributed by atoms with E-state index in [0.717, 1.165) is 51.4 Å². The summed E-state index contributed by atoms with van der Waals surface area (Å²) in [5.74, 6) is -0.202. The van der Waals surface area contributed by atoms with Crippen molar-refractivity contribution in [2.24, 2.45) is 0 Å². The van der Waals surface area contributed by atoms with E-state index in [1.165, 1.54) is 17.7 Å². The lowest BCUT2D eigenvalue weighted by atomic mass is 10.0. The first-order valence-corrected chi connectivity index (χ1v) is 11.5. The molecule has 172 valence electrons. The fourth-order valence-electron chi connectivity index (χ4n) is 4.45. The monoisotopic (exact) mass is 440 g/mol. The lowest BCUT2D eigenvalue weighted by molar-refractivity contribution is -0.123. The van der Waals surface area contributed by atoms with Crippen molar-refractivity contribution >= 4 is 5.91 Å². The standard InChI is InChI=1S/C25H33FN4O2/c26-23-8-6-22(7-9-23)24(30-14-16-32-17-15-30)18-27-25(31)20-29-12-10-28(11-13-29)19-21-4-2-1-3-5-21/h1-9,24H,10-20H2,(H,27,31). The third-order valence-corrected chi connectivity index (χ3v) is 6.31. The van der Waals surface area contributed by atoms with E-state index in [1.54, 1.807) is 0 Å². The Bertz CT molecular complexity index is 835. The maximum atomic E-state index is 13.4. The van der Waals surface area contributed by atoms with Gasteiger partial charge in [-0.2, -0.15) is 0 Å². The Hall–Kier alpha value is -2.32. The Kier molecular flexibility index (Phi) is 8.23. The van der Waals surface area contributed by atoms with Crippen molar-refractivity contribution in [3.05, 3.63) is 71.5 Å². The summed E-state index contributed by atoms with van der Waals surface area (Å²) < 4.78 is 18.9. The van der Waals surface area contributed by atoms with Crippen LogP contribution in [0.4, 0.5) is 4.39 Å². The Morgan fingerprint density at radius 3 is 2.25 bits per heavy atom. The van der Waals surface area contributed by atoms with Crippen LogP contribution < -0.4 is 5.32 Å². The number of nitrogens with one attached hydrogen (secondary N) is 1. The minimum absolute atomic E-state index is 0.0196. The molecule has 0 saturated carbocycles. The summed E-state index contributed by atoms with van der Waals surface area (Å²) in [5, 5.41) is 3.12. The van der Waals surface area contributed by atoms with Crippen molar-refractivity contribution in [1.29, 1.82) is 0 Å². The maximum Gasteiger partial charge on any atom is 0.234 e. The van der Waals surface area contributed by atoms with Crippen molar-refractivity contribution in [1.82, 2.24) is 20.0 Å². The Balaban J connectivity index is 1.25. The first-order chi connectivity index (χ1) is 15.7. The second kappa shape index (κ2) is 11.5. The Morgan fingerprint density at radius 2 is 1.56 bits per heavy atom. The summed E-state index contributed by atoms with van der Waals surface area (Å²) in [6.07, 6.45) is 0. The number of piperazine rings is 1. The van der Waals surface area contributed by atoms with Gasteiger partial charge in [-0.3, -0.25) is 19.5 Å². The van der Waals surface area contributed by atoms with Crippen molar-refractivity contribution < 1.29 is 13.9 Å². The van der Waals surface area contributed by atoms with Crippen LogP contribution in [-0.2, 0) is 16.1 Å². The van der Waals surface area contributed by atoms with E-state index in [4.69, 9.17) is 4.74 Å². The van der Waals surface area contributed by atoms with E-state index in [0.29, 0.717) is 26.3 Å². The average Bonchev–Trinajstić information content (AvgIpc) is 2.83. The predicted molar refractivity (Wildman–Crippen MR) is 123 cm³/mol. The molecule has 2 saturated heterocycles. The van der Waals surface area contributed by atoms with Gasteiger partial charge < -0.3 is 10.1 Å². The van der Waals surface area contributed by atoms with E-state index < -0.39 is 0 Å². The number of carbonyl (C=O) groups is 1. The first kappa shape index (κ1) is 22.9. The fraction of sp³-hybridized carbons (Fsp3) is 0.480. The van der Waals surface area contributed by atoms with Crippen LogP contribution in [0, 0.1) is 5.82 Å². The smallest absolute Gasteiger partial charge is 0.234 e. The summed E-state index contributed by atoms with van der Waals surface area (Å²) in [5.41, 5.74) is 2.34. The minimum Gasteiger partial charge on any atom is -0.379 e. The highest BCUT2D eigenvalue weighted by Crippen LogP contribution is 2.21. The first-order valence-electron chi connectivity index (χ1n) is 11.5. The van der Waals surface area contributed by atoms with Crippen LogP contribution >= 0.6 is 0 Å². The molecule has 2 aromatic rings. The number of nitrogens with zero attached hydrogens (tertiary/aromatic N) is 3. The predicted octanol–water partition coefficient (Wildman–Crippen LogP) is 2.13. The molecule has 4 rings (SSSR count). The summed E-state index contributed by atoms with van der Waals surface area (Å²) >= 11 is 0. The van der Waals surface area contributed by atoms with Gasteiger partial charge in [0.1, 0.15) is 5.82 Å². The van der Waals surface area contributed by atoms with Gasteiger partial charge in [0.05, 0.1) is 25.8 Å². The topological polar surface area (TPSA) is 48.1 Å². The quantitative estimate of drug-likeness (QED) is 0.682. The number of morpholine rings is 1. The van der Waals surface area contributed by atoms with Gasteiger partial charge in [0.15, 0.2) is 0 Å². The second-order valence-electron chi connectivity index (χ2n) is 8.56. The maximum absolute atomic E-state index is 13.4. The third-order valence-electron chi connectivity index (χ3n) is 6.31. The molecule has 0 spiro atoms. The molecule has 2 aliphatic heterocycles. The summed E-state index contributed by atoms with van der Waals surface area (Å²) in [6, 6.07) is 17.1. The second-order valence-corrected chi connectivity index (χ2v) is 8.56. The van der Waals surface area contributed by atoms with Crippen molar-refractivity contribution in [2.45, 2.75) is 12.6 Å². The molecule has 32 heavy (non-hydrogen) atoms. The highest BCUT2D eigenvalue weighted by atomic mass is 19.1. The number of hydrogen-bond acceptors (Lipinski definition) is 5. The molecule has 2 heterocycles. The van der Waals surface area contributed by atoms with Crippen LogP contribution in [0.3, 0.4) is 0 Å². The number of hydrogen-bond donors (Lipinski definition) is 1. The largest absolute Gasteiger partial charge is 0.379 e. The molecule has 2 aliphatic rings. The van der Waals surface area contributed by atoms with Gasteiger partial charge in [0.25, 0.3) is 0 Å². The van der Waals surface area contributed by atoms with Crippen LogP contribution in [-0.4, -0.2) is 86.2 Å². The lowest BCUT2D eigenvalue weighted by Crippen LogP contribution is -2.50. The van der Waals surface area contributed by atoms with Crippen LogP contribution in [0.5, 0.6) is 0 Å². The third kappa shape index (κ3) is 6.59. The molecule has 6 nitrogen and oxygen atoms in total. The van der Waals surface area contributed by atoms with Gasteiger partial charge in [-0.05, 0) is 23.3 Å². The fourth-order valence-corrected chi connectivity index (χ4v) is 4.45. The molecule has 0 bridgehead atoms. The van der Waals surface area contributed by atoms with Crippen molar-refractivity contribution in [3.8, 4) is 0 Å². The molecule has 0 aliphatic carbocycles. The average molecular weight is 441 g/mol. The molecule has 1 N–H and O–H groups in total. The molecule has 2 aromatic carbocycles. The van der Waals surface area contributed by atoms with Gasteiger partial charge in [-0.25, -0.2) is 4.39 Å². The Labute approximate surface area is 189 Å². The van der Waals surface area contributed by atoms with Gasteiger partial charge in [-0.15, -0.1) is 0 Å². The van der Waals surface area contributed by atoms with E-state index in [2.05, 4.69) is 44.3 Å². The zero-order valence-corrected chi connectivity index (χ0v) is 18.6. The minimum atomic E-state index is -0.245. The highest BCUT2D eigenvalue weighted by Gasteiger charge is 2.24. The summed E-state index contributed by atoms with van der Waals surface area (Å²) in [4.78, 5) is 19.6. The van der Waals surface area contributed by atoms with Gasteiger partial charge >= 0.3 is 0 Å². The van der Waals surface area contributed by atoms with E-state index in [9.17, 15) is 9.18 Å².